The van der Waals surface area contributed by atoms with Crippen LogP contribution in [0.2, 0.25) is 0 Å². The molecule has 5 rings (SSSR count). The molecule has 36 heavy (non-hydrogen) atoms. The summed E-state index contributed by atoms with van der Waals surface area (Å²) in [5.41, 5.74) is 10.8. The number of aryl methyl sites for hydroxylation is 1. The van der Waals surface area contributed by atoms with E-state index in [-0.39, 0.29) is 12.5 Å². The fourth-order valence-corrected chi connectivity index (χ4v) is 4.55. The zero-order valence-corrected chi connectivity index (χ0v) is 20.0. The lowest BCUT2D eigenvalue weighted by Gasteiger charge is -2.46. The lowest BCUT2D eigenvalue weighted by molar-refractivity contribution is -0.119. The molecule has 0 saturated carbocycles. The Balaban J connectivity index is 1.64. The van der Waals surface area contributed by atoms with Crippen LogP contribution in [0.1, 0.15) is 33.2 Å². The van der Waals surface area contributed by atoms with Gasteiger partial charge in [0.25, 0.3) is 11.8 Å². The number of ether oxygens (including phenoxy) is 1. The average molecular weight is 478 g/mol. The van der Waals surface area contributed by atoms with Gasteiger partial charge in [-0.2, -0.15) is 0 Å². The van der Waals surface area contributed by atoms with Gasteiger partial charge in [-0.05, 0) is 54.4 Å². The van der Waals surface area contributed by atoms with Crippen molar-refractivity contribution < 1.29 is 14.3 Å². The van der Waals surface area contributed by atoms with Gasteiger partial charge in [0, 0.05) is 12.2 Å². The number of hydrogen-bond donors (Lipinski definition) is 1. The minimum Gasteiger partial charge on any atom is -0.484 e. The molecule has 2 amide bonds. The lowest BCUT2D eigenvalue weighted by atomic mass is 9.99. The molecule has 1 atom stereocenters. The second kappa shape index (κ2) is 9.96. The molecule has 0 aromatic heterocycles. The molecule has 0 bridgehead atoms. The fraction of sp³-hybridized carbons (Fsp3) is 0.133. The summed E-state index contributed by atoms with van der Waals surface area (Å²) in [7, 11) is 0. The van der Waals surface area contributed by atoms with Crippen LogP contribution < -0.4 is 20.3 Å². The maximum Gasteiger partial charge on any atom is 0.262 e. The third-order valence-corrected chi connectivity index (χ3v) is 6.27. The molecule has 6 heteroatoms. The van der Waals surface area contributed by atoms with Crippen LogP contribution in [-0.4, -0.2) is 18.4 Å². The van der Waals surface area contributed by atoms with Crippen molar-refractivity contribution in [3.05, 3.63) is 125 Å². The van der Waals surface area contributed by atoms with Crippen molar-refractivity contribution in [2.75, 3.05) is 16.4 Å². The van der Waals surface area contributed by atoms with E-state index in [0.717, 1.165) is 28.1 Å². The van der Waals surface area contributed by atoms with Gasteiger partial charge in [-0.25, -0.2) is 0 Å². The van der Waals surface area contributed by atoms with Crippen LogP contribution in [0.4, 0.5) is 11.4 Å². The van der Waals surface area contributed by atoms with Gasteiger partial charge in [0.05, 0.1) is 11.3 Å². The number of carbonyl (C=O) groups is 2. The zero-order valence-electron chi connectivity index (χ0n) is 20.0. The molecule has 0 radical (unpaired) electrons. The number of hydrogen-bond acceptors (Lipinski definition) is 4. The van der Waals surface area contributed by atoms with Crippen molar-refractivity contribution in [2.24, 2.45) is 5.73 Å². The normalized spacial score (nSPS) is 14.9. The molecule has 0 saturated heterocycles. The second-order valence-corrected chi connectivity index (χ2v) is 8.84. The number of benzene rings is 4. The van der Waals surface area contributed by atoms with E-state index in [0.29, 0.717) is 17.9 Å². The lowest BCUT2D eigenvalue weighted by Crippen LogP contribution is -2.49. The Morgan fingerprint density at radius 1 is 0.861 bits per heavy atom. The standard InChI is InChI=1S/C30H27N3O3/c1-21-11-15-24(16-12-21)33-29(23-13-17-25(18-14-23)36-20-28(31)34)32(19-22-7-3-2-4-8-22)27-10-6-5-9-26(27)30(33)35/h2-18,29H,19-20H2,1H3,(H2,31,34)/t29-/m0/s1. The van der Waals surface area contributed by atoms with Gasteiger partial charge in [-0.1, -0.05) is 72.3 Å². The molecule has 4 aromatic carbocycles. The number of carbonyl (C=O) groups excluding carboxylic acids is 2. The molecule has 2 N–H and O–H groups in total. The number of nitrogens with two attached hydrogens (primary N) is 1. The van der Waals surface area contributed by atoms with Crippen LogP contribution in [0, 0.1) is 6.92 Å². The van der Waals surface area contributed by atoms with Crippen molar-refractivity contribution in [2.45, 2.75) is 19.6 Å². The van der Waals surface area contributed by atoms with E-state index >= 15 is 0 Å². The number of primary amides is 1. The molecule has 0 aliphatic carbocycles. The molecule has 0 unspecified atom stereocenters. The van der Waals surface area contributed by atoms with Crippen molar-refractivity contribution in [1.82, 2.24) is 0 Å². The Morgan fingerprint density at radius 2 is 1.53 bits per heavy atom. The van der Waals surface area contributed by atoms with Gasteiger partial charge in [0.15, 0.2) is 6.61 Å². The van der Waals surface area contributed by atoms with E-state index in [1.807, 2.05) is 90.7 Å². The number of amides is 2. The Bertz CT molecular complexity index is 1370. The van der Waals surface area contributed by atoms with E-state index in [9.17, 15) is 9.59 Å². The molecule has 0 fully saturated rings. The third-order valence-electron chi connectivity index (χ3n) is 6.27. The predicted molar refractivity (Wildman–Crippen MR) is 141 cm³/mol. The molecule has 4 aromatic rings. The predicted octanol–water partition coefficient (Wildman–Crippen LogP) is 5.22. The van der Waals surface area contributed by atoms with Gasteiger partial charge >= 0.3 is 0 Å². The minimum atomic E-state index is -0.534. The first-order chi connectivity index (χ1) is 17.5. The summed E-state index contributed by atoms with van der Waals surface area (Å²) in [4.78, 5) is 29.2. The highest BCUT2D eigenvalue weighted by atomic mass is 16.5. The average Bonchev–Trinajstić information content (AvgIpc) is 2.90. The molecule has 1 aliphatic rings. The SMILES string of the molecule is Cc1ccc(N2C(=O)c3ccccc3N(Cc3ccccc3)[C@@H]2c2ccc(OCC(N)=O)cc2)cc1. The summed E-state index contributed by atoms with van der Waals surface area (Å²) in [6, 6.07) is 33.4. The smallest absolute Gasteiger partial charge is 0.262 e. The van der Waals surface area contributed by atoms with Gasteiger partial charge in [0.2, 0.25) is 0 Å². The fourth-order valence-electron chi connectivity index (χ4n) is 4.55. The summed E-state index contributed by atoms with van der Waals surface area (Å²) < 4.78 is 5.47. The number of anilines is 2. The summed E-state index contributed by atoms with van der Waals surface area (Å²) in [6.07, 6.45) is -0.402. The van der Waals surface area contributed by atoms with E-state index in [2.05, 4.69) is 17.0 Å². The summed E-state index contributed by atoms with van der Waals surface area (Å²) in [6.45, 7) is 2.45. The Hall–Kier alpha value is -4.58. The van der Waals surface area contributed by atoms with E-state index in [4.69, 9.17) is 10.5 Å². The summed E-state index contributed by atoms with van der Waals surface area (Å²) >= 11 is 0. The van der Waals surface area contributed by atoms with Gasteiger partial charge < -0.3 is 15.4 Å². The second-order valence-electron chi connectivity index (χ2n) is 8.84. The Kier molecular flexibility index (Phi) is 6.41. The first-order valence-electron chi connectivity index (χ1n) is 11.8. The highest BCUT2D eigenvalue weighted by Crippen LogP contribution is 2.42. The molecule has 1 heterocycles. The van der Waals surface area contributed by atoms with Crippen LogP contribution >= 0.6 is 0 Å². The van der Waals surface area contributed by atoms with Crippen LogP contribution in [0.3, 0.4) is 0 Å². The molecule has 180 valence electrons. The Morgan fingerprint density at radius 3 is 2.22 bits per heavy atom. The minimum absolute atomic E-state index is 0.0576. The maximum atomic E-state index is 14.0. The van der Waals surface area contributed by atoms with Crippen LogP contribution in [0.15, 0.2) is 103 Å². The number of rotatable bonds is 7. The van der Waals surface area contributed by atoms with Crippen molar-refractivity contribution in [3.8, 4) is 5.75 Å². The highest BCUT2D eigenvalue weighted by Gasteiger charge is 2.39. The zero-order chi connectivity index (χ0) is 25.1. The molecule has 6 nitrogen and oxygen atoms in total. The first kappa shape index (κ1) is 23.2. The van der Waals surface area contributed by atoms with Crippen LogP contribution in [-0.2, 0) is 11.3 Å². The number of para-hydroxylation sites is 1. The van der Waals surface area contributed by atoms with Crippen molar-refractivity contribution in [3.63, 3.8) is 0 Å². The Labute approximate surface area is 210 Å². The van der Waals surface area contributed by atoms with E-state index < -0.39 is 12.1 Å². The van der Waals surface area contributed by atoms with Crippen LogP contribution in [0.25, 0.3) is 0 Å². The molecule has 1 aliphatic heterocycles. The largest absolute Gasteiger partial charge is 0.484 e. The van der Waals surface area contributed by atoms with Crippen LogP contribution in [0.5, 0.6) is 5.75 Å². The third kappa shape index (κ3) is 4.66. The summed E-state index contributed by atoms with van der Waals surface area (Å²) in [5.74, 6) is -0.0532. The molecular formula is C30H27N3O3. The van der Waals surface area contributed by atoms with Gasteiger partial charge in [-0.3, -0.25) is 14.5 Å². The van der Waals surface area contributed by atoms with Gasteiger partial charge in [0.1, 0.15) is 11.9 Å². The number of fused-ring (bicyclic) bond motifs is 1. The topological polar surface area (TPSA) is 75.9 Å². The van der Waals surface area contributed by atoms with Crippen molar-refractivity contribution >= 4 is 23.2 Å². The van der Waals surface area contributed by atoms with Crippen molar-refractivity contribution in [1.29, 1.82) is 0 Å². The maximum absolute atomic E-state index is 14.0. The first-order valence-corrected chi connectivity index (χ1v) is 11.8. The number of nitrogens with zero attached hydrogens (tertiary/aromatic N) is 2. The van der Waals surface area contributed by atoms with Gasteiger partial charge in [-0.15, -0.1) is 0 Å². The molecular weight excluding hydrogens is 450 g/mol. The highest BCUT2D eigenvalue weighted by molar-refractivity contribution is 6.12. The van der Waals surface area contributed by atoms with E-state index in [1.165, 1.54) is 0 Å². The summed E-state index contributed by atoms with van der Waals surface area (Å²) in [5, 5.41) is 0. The molecule has 0 spiro atoms. The monoisotopic (exact) mass is 477 g/mol. The quantitative estimate of drug-likeness (QED) is 0.396. The van der Waals surface area contributed by atoms with E-state index in [1.54, 1.807) is 12.1 Å².